The van der Waals surface area contributed by atoms with E-state index in [4.69, 9.17) is 4.74 Å². The van der Waals surface area contributed by atoms with Crippen LogP contribution in [0.5, 0.6) is 5.75 Å². The highest BCUT2D eigenvalue weighted by molar-refractivity contribution is 5.36. The van der Waals surface area contributed by atoms with Gasteiger partial charge in [0.25, 0.3) is 0 Å². The fourth-order valence-corrected chi connectivity index (χ4v) is 2.13. The number of ether oxygens (including phenoxy) is 1. The lowest BCUT2D eigenvalue weighted by atomic mass is 10.0. The molecule has 1 N–H and O–H groups in total. The second-order valence-corrected chi connectivity index (χ2v) is 4.91. The molecule has 2 atom stereocenters. The molecule has 0 radical (unpaired) electrons. The largest absolute Gasteiger partial charge is 0.496 e. The molecule has 0 aliphatic heterocycles. The molecular formula is C15H24FNO. The zero-order valence-corrected chi connectivity index (χ0v) is 11.8. The van der Waals surface area contributed by atoms with Crippen molar-refractivity contribution in [3.8, 4) is 5.75 Å². The minimum Gasteiger partial charge on any atom is -0.496 e. The molecule has 1 aromatic carbocycles. The van der Waals surface area contributed by atoms with Gasteiger partial charge in [-0.1, -0.05) is 20.3 Å². The van der Waals surface area contributed by atoms with E-state index in [1.807, 2.05) is 6.92 Å². The molecule has 2 unspecified atom stereocenters. The fraction of sp³-hybridized carbons (Fsp3) is 0.600. The van der Waals surface area contributed by atoms with E-state index in [2.05, 4.69) is 19.2 Å². The Bertz CT molecular complexity index is 368. The monoisotopic (exact) mass is 253 g/mol. The fourth-order valence-electron chi connectivity index (χ4n) is 2.13. The van der Waals surface area contributed by atoms with Gasteiger partial charge in [-0.15, -0.1) is 0 Å². The Morgan fingerprint density at radius 2 is 2.06 bits per heavy atom. The van der Waals surface area contributed by atoms with Gasteiger partial charge in [-0.2, -0.15) is 0 Å². The highest BCUT2D eigenvalue weighted by Crippen LogP contribution is 2.25. The molecule has 2 nitrogen and oxygen atoms in total. The number of hydrogen-bond acceptors (Lipinski definition) is 2. The first-order valence-corrected chi connectivity index (χ1v) is 6.65. The summed E-state index contributed by atoms with van der Waals surface area (Å²) in [6.45, 7) is 7.40. The first-order valence-electron chi connectivity index (χ1n) is 6.65. The Labute approximate surface area is 110 Å². The molecule has 0 aliphatic rings. The van der Waals surface area contributed by atoms with Gasteiger partial charge in [0.15, 0.2) is 0 Å². The Morgan fingerprint density at radius 3 is 2.67 bits per heavy atom. The molecule has 0 saturated heterocycles. The normalized spacial score (nSPS) is 14.3. The van der Waals surface area contributed by atoms with Crippen molar-refractivity contribution >= 4 is 0 Å². The molecule has 0 aromatic heterocycles. The van der Waals surface area contributed by atoms with Crippen molar-refractivity contribution in [2.45, 2.75) is 39.7 Å². The number of rotatable bonds is 7. The summed E-state index contributed by atoms with van der Waals surface area (Å²) in [5, 5.41) is 3.44. The molecule has 1 aromatic rings. The van der Waals surface area contributed by atoms with Crippen molar-refractivity contribution in [3.05, 3.63) is 29.6 Å². The van der Waals surface area contributed by atoms with Crippen LogP contribution in [0.15, 0.2) is 18.2 Å². The van der Waals surface area contributed by atoms with Crippen LogP contribution in [0.25, 0.3) is 0 Å². The van der Waals surface area contributed by atoms with Gasteiger partial charge in [-0.3, -0.25) is 0 Å². The maximum absolute atomic E-state index is 13.3. The third-order valence-corrected chi connectivity index (χ3v) is 3.21. The second kappa shape index (κ2) is 7.37. The summed E-state index contributed by atoms with van der Waals surface area (Å²) in [6, 6.07) is 4.74. The minimum atomic E-state index is -0.221. The maximum Gasteiger partial charge on any atom is 0.123 e. The summed E-state index contributed by atoms with van der Waals surface area (Å²) in [6.07, 6.45) is 2.40. The van der Waals surface area contributed by atoms with Gasteiger partial charge in [0.1, 0.15) is 11.6 Å². The number of methoxy groups -OCH3 is 1. The quantitative estimate of drug-likeness (QED) is 0.795. The minimum absolute atomic E-state index is 0.0926. The van der Waals surface area contributed by atoms with Crippen LogP contribution in [-0.4, -0.2) is 13.7 Å². The number of benzene rings is 1. The molecule has 0 heterocycles. The second-order valence-electron chi connectivity index (χ2n) is 4.91. The van der Waals surface area contributed by atoms with E-state index < -0.39 is 0 Å². The Hall–Kier alpha value is -1.09. The topological polar surface area (TPSA) is 21.3 Å². The molecule has 18 heavy (non-hydrogen) atoms. The van der Waals surface area contributed by atoms with Crippen LogP contribution in [0.2, 0.25) is 0 Å². The molecule has 0 amide bonds. The predicted octanol–water partition coefficient (Wildman–Crippen LogP) is 3.92. The standard InChI is InChI=1S/C15H24FNO/c1-5-6-11(2)10-17-12(3)14-9-13(16)7-8-15(14)18-4/h7-9,11-12,17H,5-6,10H2,1-4H3. The van der Waals surface area contributed by atoms with Crippen LogP contribution < -0.4 is 10.1 Å². The molecule has 3 heteroatoms. The maximum atomic E-state index is 13.3. The van der Waals surface area contributed by atoms with E-state index in [9.17, 15) is 4.39 Å². The van der Waals surface area contributed by atoms with Gasteiger partial charge in [0, 0.05) is 11.6 Å². The van der Waals surface area contributed by atoms with E-state index in [0.29, 0.717) is 5.92 Å². The average molecular weight is 253 g/mol. The van der Waals surface area contributed by atoms with E-state index in [-0.39, 0.29) is 11.9 Å². The Kier molecular flexibility index (Phi) is 6.13. The van der Waals surface area contributed by atoms with Gasteiger partial charge in [0.05, 0.1) is 7.11 Å². The first-order chi connectivity index (χ1) is 8.58. The van der Waals surface area contributed by atoms with E-state index in [1.165, 1.54) is 18.9 Å². The summed E-state index contributed by atoms with van der Waals surface area (Å²) in [5.74, 6) is 1.15. The van der Waals surface area contributed by atoms with Crippen LogP contribution in [0, 0.1) is 11.7 Å². The molecule has 0 saturated carbocycles. The zero-order valence-electron chi connectivity index (χ0n) is 11.8. The van der Waals surface area contributed by atoms with Crippen molar-refractivity contribution in [1.82, 2.24) is 5.32 Å². The Balaban J connectivity index is 2.65. The molecule has 0 fully saturated rings. The van der Waals surface area contributed by atoms with Crippen molar-refractivity contribution in [2.24, 2.45) is 5.92 Å². The molecule has 0 aliphatic carbocycles. The van der Waals surface area contributed by atoms with Gasteiger partial charge < -0.3 is 10.1 Å². The van der Waals surface area contributed by atoms with Crippen molar-refractivity contribution in [2.75, 3.05) is 13.7 Å². The molecule has 1 rings (SSSR count). The molecule has 0 spiro atoms. The highest BCUT2D eigenvalue weighted by Gasteiger charge is 2.13. The van der Waals surface area contributed by atoms with Gasteiger partial charge >= 0.3 is 0 Å². The van der Waals surface area contributed by atoms with Crippen LogP contribution in [-0.2, 0) is 0 Å². The molecular weight excluding hydrogens is 229 g/mol. The highest BCUT2D eigenvalue weighted by atomic mass is 19.1. The zero-order chi connectivity index (χ0) is 13.5. The van der Waals surface area contributed by atoms with Crippen LogP contribution in [0.1, 0.15) is 45.2 Å². The van der Waals surface area contributed by atoms with E-state index in [0.717, 1.165) is 17.9 Å². The average Bonchev–Trinajstić information content (AvgIpc) is 2.36. The lowest BCUT2D eigenvalue weighted by Crippen LogP contribution is -2.24. The van der Waals surface area contributed by atoms with E-state index in [1.54, 1.807) is 19.2 Å². The Morgan fingerprint density at radius 1 is 1.33 bits per heavy atom. The van der Waals surface area contributed by atoms with Gasteiger partial charge in [-0.05, 0) is 44.0 Å². The summed E-state index contributed by atoms with van der Waals surface area (Å²) >= 11 is 0. The number of hydrogen-bond donors (Lipinski definition) is 1. The van der Waals surface area contributed by atoms with E-state index >= 15 is 0 Å². The summed E-state index contributed by atoms with van der Waals surface area (Å²) in [5.41, 5.74) is 0.876. The first kappa shape index (κ1) is 15.0. The summed E-state index contributed by atoms with van der Waals surface area (Å²) in [4.78, 5) is 0. The lowest BCUT2D eigenvalue weighted by Gasteiger charge is -2.19. The predicted molar refractivity (Wildman–Crippen MR) is 73.4 cm³/mol. The molecule has 0 bridgehead atoms. The lowest BCUT2D eigenvalue weighted by molar-refractivity contribution is 0.392. The van der Waals surface area contributed by atoms with Crippen molar-refractivity contribution in [1.29, 1.82) is 0 Å². The van der Waals surface area contributed by atoms with Gasteiger partial charge in [-0.25, -0.2) is 4.39 Å². The van der Waals surface area contributed by atoms with Crippen LogP contribution in [0.4, 0.5) is 4.39 Å². The number of nitrogens with one attached hydrogen (secondary N) is 1. The van der Waals surface area contributed by atoms with Crippen LogP contribution in [0.3, 0.4) is 0 Å². The molecule has 102 valence electrons. The summed E-state index contributed by atoms with van der Waals surface area (Å²) in [7, 11) is 1.61. The van der Waals surface area contributed by atoms with Crippen LogP contribution >= 0.6 is 0 Å². The smallest absolute Gasteiger partial charge is 0.123 e. The third kappa shape index (κ3) is 4.30. The van der Waals surface area contributed by atoms with Crippen molar-refractivity contribution in [3.63, 3.8) is 0 Å². The SMILES string of the molecule is CCCC(C)CNC(C)c1cc(F)ccc1OC. The summed E-state index contributed by atoms with van der Waals surface area (Å²) < 4.78 is 18.5. The van der Waals surface area contributed by atoms with Gasteiger partial charge in [0.2, 0.25) is 0 Å². The third-order valence-electron chi connectivity index (χ3n) is 3.21. The number of halogens is 1. The van der Waals surface area contributed by atoms with Crippen molar-refractivity contribution < 1.29 is 9.13 Å².